The molecule has 2 aliphatic rings. The van der Waals surface area contributed by atoms with Crippen molar-refractivity contribution < 1.29 is 14.3 Å². The molecule has 3 aromatic heterocycles. The minimum Gasteiger partial charge on any atom is -0.488 e. The number of carbonyl (C=O) groups is 1. The number of fused-ring (bicyclic) bond motifs is 1. The second kappa shape index (κ2) is 10.4. The van der Waals surface area contributed by atoms with E-state index in [1.54, 1.807) is 30.0 Å². The molecule has 11 heteroatoms. The molecule has 0 spiro atoms. The molecule has 1 amide bonds. The lowest BCUT2D eigenvalue weighted by atomic mass is 9.93. The van der Waals surface area contributed by atoms with Crippen molar-refractivity contribution in [3.8, 4) is 11.8 Å². The van der Waals surface area contributed by atoms with Crippen LogP contribution in [0, 0.1) is 11.3 Å². The van der Waals surface area contributed by atoms with Crippen LogP contribution < -0.4 is 20.3 Å². The Labute approximate surface area is 209 Å². The molecule has 1 saturated heterocycles. The summed E-state index contributed by atoms with van der Waals surface area (Å²) in [4.78, 5) is 22.7. The van der Waals surface area contributed by atoms with Gasteiger partial charge in [0, 0.05) is 38.4 Å². The van der Waals surface area contributed by atoms with Crippen LogP contribution in [0.4, 0.5) is 11.6 Å². The third-order valence-electron chi connectivity index (χ3n) is 6.71. The van der Waals surface area contributed by atoms with Crippen LogP contribution in [0.25, 0.3) is 5.52 Å². The highest BCUT2D eigenvalue weighted by atomic mass is 16.5. The van der Waals surface area contributed by atoms with Crippen molar-refractivity contribution in [2.45, 2.75) is 50.9 Å². The van der Waals surface area contributed by atoms with Gasteiger partial charge in [0.15, 0.2) is 0 Å². The van der Waals surface area contributed by atoms with Crippen molar-refractivity contribution in [1.82, 2.24) is 24.9 Å². The summed E-state index contributed by atoms with van der Waals surface area (Å²) in [7, 11) is 1.58. The number of hydrogen-bond acceptors (Lipinski definition) is 9. The van der Waals surface area contributed by atoms with E-state index in [-0.39, 0.29) is 24.2 Å². The topological polar surface area (TPSA) is 130 Å². The molecule has 11 nitrogen and oxygen atoms in total. The van der Waals surface area contributed by atoms with E-state index in [9.17, 15) is 10.1 Å². The monoisotopic (exact) mass is 490 g/mol. The highest BCUT2D eigenvalue weighted by Crippen LogP contribution is 2.33. The molecule has 2 fully saturated rings. The van der Waals surface area contributed by atoms with E-state index >= 15 is 0 Å². The lowest BCUT2D eigenvalue weighted by Crippen LogP contribution is -2.41. The number of amides is 1. The zero-order valence-electron chi connectivity index (χ0n) is 20.5. The van der Waals surface area contributed by atoms with Gasteiger partial charge in [0.05, 0.1) is 36.9 Å². The Morgan fingerprint density at radius 1 is 1.31 bits per heavy atom. The number of nitrogens with one attached hydrogen (secondary N) is 2. The van der Waals surface area contributed by atoms with Crippen LogP contribution in [0.5, 0.6) is 5.75 Å². The number of aromatic nitrogens is 4. The van der Waals surface area contributed by atoms with Crippen LogP contribution in [0.1, 0.15) is 48.7 Å². The first-order valence-corrected chi connectivity index (χ1v) is 12.3. The molecule has 5 rings (SSSR count). The third kappa shape index (κ3) is 5.04. The summed E-state index contributed by atoms with van der Waals surface area (Å²) in [6.45, 7) is 4.32. The van der Waals surface area contributed by atoms with Crippen molar-refractivity contribution in [2.75, 3.05) is 37.0 Å². The SMILES string of the molecule is CNC(=O)c1ccnc(NC2CCC(Oc3cc(N4CCO[C@H](C)C4)cn4ncc(C#N)c34)CC2)n1. The number of anilines is 2. The Hall–Kier alpha value is -3.91. The maximum Gasteiger partial charge on any atom is 0.269 e. The number of morpholine rings is 1. The summed E-state index contributed by atoms with van der Waals surface area (Å²) in [5, 5.41) is 20.0. The molecular weight excluding hydrogens is 460 g/mol. The molecule has 1 aliphatic carbocycles. The fourth-order valence-electron chi connectivity index (χ4n) is 4.84. The van der Waals surface area contributed by atoms with E-state index < -0.39 is 0 Å². The summed E-state index contributed by atoms with van der Waals surface area (Å²) >= 11 is 0. The van der Waals surface area contributed by atoms with Gasteiger partial charge in [0.25, 0.3) is 5.91 Å². The van der Waals surface area contributed by atoms with Gasteiger partial charge in [-0.3, -0.25) is 4.79 Å². The van der Waals surface area contributed by atoms with Crippen LogP contribution in [-0.4, -0.2) is 70.5 Å². The predicted octanol–water partition coefficient (Wildman–Crippen LogP) is 2.38. The quantitative estimate of drug-likeness (QED) is 0.535. The van der Waals surface area contributed by atoms with Crippen molar-refractivity contribution >= 4 is 23.1 Å². The van der Waals surface area contributed by atoms with Gasteiger partial charge in [-0.15, -0.1) is 0 Å². The Balaban J connectivity index is 1.28. The Morgan fingerprint density at radius 3 is 2.89 bits per heavy atom. The first kappa shape index (κ1) is 23.8. The van der Waals surface area contributed by atoms with E-state index in [2.05, 4.69) is 43.6 Å². The Bertz CT molecular complexity index is 1280. The largest absolute Gasteiger partial charge is 0.488 e. The predicted molar refractivity (Wildman–Crippen MR) is 133 cm³/mol. The van der Waals surface area contributed by atoms with Crippen LogP contribution in [0.2, 0.25) is 0 Å². The van der Waals surface area contributed by atoms with Gasteiger partial charge in [-0.05, 0) is 38.7 Å². The molecule has 3 aromatic rings. The summed E-state index contributed by atoms with van der Waals surface area (Å²) in [6, 6.07) is 6.04. The second-order valence-electron chi connectivity index (χ2n) is 9.23. The van der Waals surface area contributed by atoms with Gasteiger partial charge in [-0.25, -0.2) is 14.5 Å². The highest BCUT2D eigenvalue weighted by Gasteiger charge is 2.26. The van der Waals surface area contributed by atoms with Crippen LogP contribution in [0.3, 0.4) is 0 Å². The maximum absolute atomic E-state index is 11.9. The standard InChI is InChI=1S/C25H30N8O3/c1-16-14-32(9-10-35-16)19-11-22(23-17(12-26)13-29-33(23)15-19)36-20-5-3-18(4-6-20)30-25-28-8-7-21(31-25)24(34)27-2/h7-8,11,13,15-16,18,20H,3-6,9-10,14H2,1-2H3,(H,27,34)(H,28,30,31)/t16-,18?,20?/m1/s1. The molecule has 188 valence electrons. The van der Waals surface area contributed by atoms with Gasteiger partial charge in [-0.1, -0.05) is 0 Å². The van der Waals surface area contributed by atoms with Crippen LogP contribution in [0.15, 0.2) is 30.7 Å². The number of pyridine rings is 1. The van der Waals surface area contributed by atoms with Gasteiger partial charge >= 0.3 is 0 Å². The number of nitriles is 1. The normalized spacial score (nSPS) is 22.1. The number of ether oxygens (including phenoxy) is 2. The minimum atomic E-state index is -0.241. The molecular formula is C25H30N8O3. The molecule has 4 heterocycles. The summed E-state index contributed by atoms with van der Waals surface area (Å²) in [5.74, 6) is 0.889. The second-order valence-corrected chi connectivity index (χ2v) is 9.23. The molecule has 0 unspecified atom stereocenters. The average Bonchev–Trinajstić information content (AvgIpc) is 3.33. The van der Waals surface area contributed by atoms with Gasteiger partial charge < -0.3 is 25.0 Å². The van der Waals surface area contributed by atoms with Crippen LogP contribution in [-0.2, 0) is 4.74 Å². The van der Waals surface area contributed by atoms with E-state index in [0.717, 1.165) is 44.5 Å². The summed E-state index contributed by atoms with van der Waals surface area (Å²) in [5.41, 5.74) is 2.53. The number of carbonyl (C=O) groups excluding carboxylic acids is 1. The van der Waals surface area contributed by atoms with E-state index in [4.69, 9.17) is 9.47 Å². The molecule has 2 N–H and O–H groups in total. The van der Waals surface area contributed by atoms with Gasteiger partial charge in [-0.2, -0.15) is 10.4 Å². The summed E-state index contributed by atoms with van der Waals surface area (Å²) < 4.78 is 13.9. The van der Waals surface area contributed by atoms with E-state index in [1.807, 2.05) is 12.3 Å². The highest BCUT2D eigenvalue weighted by molar-refractivity contribution is 5.92. The third-order valence-corrected chi connectivity index (χ3v) is 6.71. The number of nitrogens with zero attached hydrogens (tertiary/aromatic N) is 6. The van der Waals surface area contributed by atoms with Gasteiger partial charge in [0.2, 0.25) is 5.95 Å². The maximum atomic E-state index is 11.9. The molecule has 0 bridgehead atoms. The number of hydrogen-bond donors (Lipinski definition) is 2. The fraction of sp³-hybridized carbons (Fsp3) is 0.480. The zero-order chi connectivity index (χ0) is 25.1. The van der Waals surface area contributed by atoms with Crippen molar-refractivity contribution in [2.24, 2.45) is 0 Å². The van der Waals surface area contributed by atoms with Crippen molar-refractivity contribution in [1.29, 1.82) is 5.26 Å². The molecule has 0 radical (unpaired) electrons. The van der Waals surface area contributed by atoms with E-state index in [0.29, 0.717) is 35.1 Å². The molecule has 0 aromatic carbocycles. The Morgan fingerprint density at radius 2 is 2.14 bits per heavy atom. The van der Waals surface area contributed by atoms with Crippen LogP contribution >= 0.6 is 0 Å². The number of rotatable bonds is 6. The van der Waals surface area contributed by atoms with Crippen molar-refractivity contribution in [3.63, 3.8) is 0 Å². The lowest BCUT2D eigenvalue weighted by molar-refractivity contribution is 0.0531. The molecule has 1 saturated carbocycles. The summed E-state index contributed by atoms with van der Waals surface area (Å²) in [6.07, 6.45) is 8.72. The smallest absolute Gasteiger partial charge is 0.269 e. The first-order valence-electron chi connectivity index (χ1n) is 12.3. The minimum absolute atomic E-state index is 0.0188. The Kier molecular flexibility index (Phi) is 6.86. The first-order chi connectivity index (χ1) is 17.5. The average molecular weight is 491 g/mol. The fourth-order valence-corrected chi connectivity index (χ4v) is 4.84. The van der Waals surface area contributed by atoms with Crippen molar-refractivity contribution in [3.05, 3.63) is 42.0 Å². The molecule has 36 heavy (non-hydrogen) atoms. The zero-order valence-corrected chi connectivity index (χ0v) is 20.5. The lowest BCUT2D eigenvalue weighted by Gasteiger charge is -2.33. The molecule has 1 aliphatic heterocycles. The van der Waals surface area contributed by atoms with E-state index in [1.165, 1.54) is 0 Å². The van der Waals surface area contributed by atoms with Gasteiger partial charge in [0.1, 0.15) is 28.6 Å². The molecule has 1 atom stereocenters.